The van der Waals surface area contributed by atoms with Gasteiger partial charge in [-0.15, -0.1) is 0 Å². The van der Waals surface area contributed by atoms with Crippen molar-refractivity contribution in [2.24, 2.45) is 0 Å². The van der Waals surface area contributed by atoms with Gasteiger partial charge in [0.25, 0.3) is 6.01 Å². The highest BCUT2D eigenvalue weighted by molar-refractivity contribution is 9.10. The van der Waals surface area contributed by atoms with Crippen molar-refractivity contribution in [1.29, 1.82) is 0 Å². The van der Waals surface area contributed by atoms with E-state index in [-0.39, 0.29) is 18.2 Å². The van der Waals surface area contributed by atoms with Crippen molar-refractivity contribution in [3.05, 3.63) is 16.6 Å². The molecule has 3 unspecified atom stereocenters. The second kappa shape index (κ2) is 7.67. The Hall–Kier alpha value is -1.45. The molecule has 7 nitrogen and oxygen atoms in total. The summed E-state index contributed by atoms with van der Waals surface area (Å²) in [5.41, 5.74) is 0.819. The van der Waals surface area contributed by atoms with Crippen molar-refractivity contribution in [2.45, 2.75) is 62.6 Å². The molecule has 3 heterocycles. The van der Waals surface area contributed by atoms with Gasteiger partial charge in [0.2, 0.25) is 0 Å². The zero-order valence-corrected chi connectivity index (χ0v) is 19.5. The van der Waals surface area contributed by atoms with Crippen LogP contribution < -0.4 is 4.90 Å². The van der Waals surface area contributed by atoms with Gasteiger partial charge in [-0.25, -0.2) is 4.79 Å². The Morgan fingerprint density at radius 2 is 1.97 bits per heavy atom. The first-order valence-electron chi connectivity index (χ1n) is 9.82. The van der Waals surface area contributed by atoms with Crippen LogP contribution >= 0.6 is 15.9 Å². The van der Waals surface area contributed by atoms with Crippen LogP contribution in [0.3, 0.4) is 0 Å². The molecule has 2 fully saturated rings. The molecule has 1 aromatic heterocycles. The number of oxazole rings is 1. The topological polar surface area (TPSA) is 81.9 Å². The summed E-state index contributed by atoms with van der Waals surface area (Å²) < 4.78 is 24.3. The third kappa shape index (κ3) is 4.22. The molecular formula is C20H26BrN3O4S. The molecular weight excluding hydrogens is 458 g/mol. The molecule has 0 saturated carbocycles. The molecule has 4 rings (SSSR count). The molecule has 2 saturated heterocycles. The quantitative estimate of drug-likeness (QED) is 0.591. The minimum absolute atomic E-state index is 0.0782. The van der Waals surface area contributed by atoms with Crippen LogP contribution in [0.1, 0.15) is 40.0 Å². The Kier molecular flexibility index (Phi) is 5.50. The first-order valence-corrected chi connectivity index (χ1v) is 12.2. The lowest BCUT2D eigenvalue weighted by atomic mass is 9.92. The second-order valence-electron chi connectivity index (χ2n) is 8.74. The highest BCUT2D eigenvalue weighted by atomic mass is 79.9. The number of piperidine rings is 1. The van der Waals surface area contributed by atoms with Gasteiger partial charge in [0, 0.05) is 25.2 Å². The Morgan fingerprint density at radius 1 is 1.31 bits per heavy atom. The molecule has 2 aliphatic rings. The van der Waals surface area contributed by atoms with E-state index in [0.717, 1.165) is 23.7 Å². The Balaban J connectivity index is 1.59. The molecule has 0 radical (unpaired) electrons. The maximum Gasteiger partial charge on any atom is 0.410 e. The van der Waals surface area contributed by atoms with E-state index >= 15 is 0 Å². The van der Waals surface area contributed by atoms with E-state index in [1.54, 1.807) is 12.3 Å². The van der Waals surface area contributed by atoms with E-state index in [1.807, 2.05) is 31.7 Å². The fourth-order valence-corrected chi connectivity index (χ4v) is 5.38. The molecule has 29 heavy (non-hydrogen) atoms. The van der Waals surface area contributed by atoms with Crippen LogP contribution in [0.2, 0.25) is 0 Å². The summed E-state index contributed by atoms with van der Waals surface area (Å²) in [5, 5.41) is 0. The Morgan fingerprint density at radius 3 is 2.55 bits per heavy atom. The number of anilines is 1. The number of aromatic nitrogens is 1. The van der Waals surface area contributed by atoms with Gasteiger partial charge in [0.1, 0.15) is 17.4 Å². The minimum atomic E-state index is -1.10. The summed E-state index contributed by atoms with van der Waals surface area (Å²) in [6, 6.07) is 4.31. The van der Waals surface area contributed by atoms with Crippen molar-refractivity contribution >= 4 is 50.3 Å². The van der Waals surface area contributed by atoms with E-state index in [2.05, 4.69) is 25.8 Å². The molecule has 3 atom stereocenters. The van der Waals surface area contributed by atoms with Gasteiger partial charge >= 0.3 is 6.09 Å². The summed E-state index contributed by atoms with van der Waals surface area (Å²) in [6.45, 7) is 7.00. The molecule has 1 amide bonds. The third-order valence-electron chi connectivity index (χ3n) is 5.34. The smallest absolute Gasteiger partial charge is 0.410 e. The van der Waals surface area contributed by atoms with Crippen LogP contribution in [0, 0.1) is 0 Å². The van der Waals surface area contributed by atoms with Gasteiger partial charge in [-0.1, -0.05) is 0 Å². The normalized spacial score (nSPS) is 23.4. The van der Waals surface area contributed by atoms with Gasteiger partial charge in [-0.05, 0) is 67.1 Å². The molecule has 0 aliphatic carbocycles. The molecule has 9 heteroatoms. The molecule has 1 aromatic carbocycles. The monoisotopic (exact) mass is 483 g/mol. The SMILES string of the molecule is C[S+]([O-])c1cc(Br)c2oc(N3CC4CCCC(C3)N4C(=O)OC(C)(C)C)nc2c1. The predicted molar refractivity (Wildman–Crippen MR) is 116 cm³/mol. The largest absolute Gasteiger partial charge is 0.612 e. The van der Waals surface area contributed by atoms with E-state index in [9.17, 15) is 9.35 Å². The van der Waals surface area contributed by atoms with Crippen molar-refractivity contribution in [1.82, 2.24) is 9.88 Å². The van der Waals surface area contributed by atoms with Gasteiger partial charge in [0.15, 0.2) is 10.5 Å². The molecule has 2 bridgehead atoms. The van der Waals surface area contributed by atoms with Crippen LogP contribution in [-0.2, 0) is 15.9 Å². The first kappa shape index (κ1) is 20.8. The van der Waals surface area contributed by atoms with E-state index in [0.29, 0.717) is 35.1 Å². The average Bonchev–Trinajstić information content (AvgIpc) is 3.03. The molecule has 0 N–H and O–H groups in total. The fourth-order valence-electron chi connectivity index (χ4n) is 4.13. The van der Waals surface area contributed by atoms with Crippen LogP contribution in [0.25, 0.3) is 11.1 Å². The lowest BCUT2D eigenvalue weighted by molar-refractivity contribution is -0.0102. The lowest BCUT2D eigenvalue weighted by Gasteiger charge is -2.49. The maximum absolute atomic E-state index is 12.8. The highest BCUT2D eigenvalue weighted by Gasteiger charge is 2.43. The van der Waals surface area contributed by atoms with E-state index in [4.69, 9.17) is 9.15 Å². The molecule has 158 valence electrons. The van der Waals surface area contributed by atoms with Crippen LogP contribution in [0.4, 0.5) is 10.8 Å². The number of carbonyl (C=O) groups is 1. The number of piperazine rings is 1. The number of rotatable bonds is 2. The number of hydrogen-bond donors (Lipinski definition) is 0. The van der Waals surface area contributed by atoms with Crippen LogP contribution in [0.5, 0.6) is 0 Å². The molecule has 2 aliphatic heterocycles. The average molecular weight is 484 g/mol. The summed E-state index contributed by atoms with van der Waals surface area (Å²) >= 11 is 2.41. The summed E-state index contributed by atoms with van der Waals surface area (Å²) in [7, 11) is 0. The molecule has 0 spiro atoms. The molecule has 2 aromatic rings. The van der Waals surface area contributed by atoms with E-state index in [1.165, 1.54) is 0 Å². The van der Waals surface area contributed by atoms with Gasteiger partial charge in [-0.3, -0.25) is 4.90 Å². The van der Waals surface area contributed by atoms with Gasteiger partial charge in [-0.2, -0.15) is 4.98 Å². The number of nitrogens with zero attached hydrogens (tertiary/aromatic N) is 3. The first-order chi connectivity index (χ1) is 13.6. The number of benzene rings is 1. The standard InChI is InChI=1S/C20H26BrN3O4S/c1-20(2,3)28-19(25)24-12-6-5-7-13(24)11-23(10-12)18-22-16-9-14(29(4)26)8-15(21)17(16)27-18/h8-9,12-13H,5-7,10-11H2,1-4H3. The Labute approximate surface area is 182 Å². The summed E-state index contributed by atoms with van der Waals surface area (Å²) in [5.74, 6) is 0. The second-order valence-corrected chi connectivity index (χ2v) is 11.0. The maximum atomic E-state index is 12.8. The summed E-state index contributed by atoms with van der Waals surface area (Å²) in [6.07, 6.45) is 4.39. The third-order valence-corrected chi connectivity index (χ3v) is 6.83. The van der Waals surface area contributed by atoms with Crippen molar-refractivity contribution < 1.29 is 18.5 Å². The van der Waals surface area contributed by atoms with Crippen molar-refractivity contribution in [3.63, 3.8) is 0 Å². The summed E-state index contributed by atoms with van der Waals surface area (Å²) in [4.78, 5) is 22.2. The lowest BCUT2D eigenvalue weighted by Crippen LogP contribution is -2.63. The number of fused-ring (bicyclic) bond motifs is 3. The number of amides is 1. The van der Waals surface area contributed by atoms with Gasteiger partial charge < -0.3 is 18.6 Å². The Bertz CT molecular complexity index is 912. The number of carbonyl (C=O) groups excluding carboxylic acids is 1. The van der Waals surface area contributed by atoms with Crippen LogP contribution in [0.15, 0.2) is 25.9 Å². The van der Waals surface area contributed by atoms with E-state index < -0.39 is 16.8 Å². The fraction of sp³-hybridized carbons (Fsp3) is 0.600. The zero-order chi connectivity index (χ0) is 20.9. The van der Waals surface area contributed by atoms with Crippen molar-refractivity contribution in [3.8, 4) is 0 Å². The predicted octanol–water partition coefficient (Wildman–Crippen LogP) is 4.31. The van der Waals surface area contributed by atoms with Gasteiger partial charge in [0.05, 0.1) is 16.6 Å². The zero-order valence-electron chi connectivity index (χ0n) is 17.1. The van der Waals surface area contributed by atoms with Crippen molar-refractivity contribution in [2.75, 3.05) is 24.2 Å². The number of hydrogen-bond acceptors (Lipinski definition) is 6. The minimum Gasteiger partial charge on any atom is -0.612 e. The highest BCUT2D eigenvalue weighted by Crippen LogP contribution is 2.35. The number of halogens is 1. The number of ether oxygens (including phenoxy) is 1. The van der Waals surface area contributed by atoms with Crippen LogP contribution in [-0.4, -0.2) is 57.6 Å².